The molecule has 0 unspecified atom stereocenters. The normalized spacial score (nSPS) is 11.8. The highest BCUT2D eigenvalue weighted by molar-refractivity contribution is 5.98. The number of nitrogens with two attached hydrogens (primary N) is 1. The maximum atomic E-state index is 13.7. The Morgan fingerprint density at radius 3 is 2.66 bits per heavy atom. The van der Waals surface area contributed by atoms with Gasteiger partial charge in [-0.3, -0.25) is 14.0 Å². The zero-order valence-electron chi connectivity index (χ0n) is 21.4. The SMILES string of the molecule is Cc1ccn2nc(Cn3nc(-c4cnn(CCN(C)C)c4)c4c(N)ncnc43)n(-c3ccccc3)c(=O)c12. The van der Waals surface area contributed by atoms with Gasteiger partial charge in [0.05, 0.1) is 23.8 Å². The van der Waals surface area contributed by atoms with Gasteiger partial charge in [0.15, 0.2) is 11.5 Å². The van der Waals surface area contributed by atoms with Crippen LogP contribution in [0.5, 0.6) is 0 Å². The molecule has 6 aromatic rings. The zero-order chi connectivity index (χ0) is 26.4. The number of hydrogen-bond donors (Lipinski definition) is 1. The number of nitrogens with zero attached hydrogens (tertiary/aromatic N) is 10. The van der Waals surface area contributed by atoms with Crippen LogP contribution in [0.25, 0.3) is 33.5 Å². The molecule has 12 heteroatoms. The molecule has 0 aliphatic rings. The molecule has 5 heterocycles. The molecule has 12 nitrogen and oxygen atoms in total. The number of fused-ring (bicyclic) bond motifs is 2. The second-order valence-electron chi connectivity index (χ2n) is 9.44. The van der Waals surface area contributed by atoms with Crippen LogP contribution in [0.1, 0.15) is 11.4 Å². The van der Waals surface area contributed by atoms with E-state index in [1.165, 1.54) is 6.33 Å². The van der Waals surface area contributed by atoms with Crippen LogP contribution in [-0.2, 0) is 13.1 Å². The van der Waals surface area contributed by atoms with Crippen LogP contribution in [-0.4, -0.2) is 69.3 Å². The minimum atomic E-state index is -0.156. The predicted molar refractivity (Wildman–Crippen MR) is 144 cm³/mol. The molecule has 0 atom stereocenters. The summed E-state index contributed by atoms with van der Waals surface area (Å²) in [7, 11) is 4.04. The number of anilines is 1. The number of nitrogen functional groups attached to an aromatic ring is 1. The first-order valence-electron chi connectivity index (χ1n) is 12.2. The number of likely N-dealkylation sites (N-methyl/N-ethyl adjacent to an activating group) is 1. The van der Waals surface area contributed by atoms with Gasteiger partial charge in [0.2, 0.25) is 0 Å². The average Bonchev–Trinajstić information content (AvgIpc) is 3.62. The predicted octanol–water partition coefficient (Wildman–Crippen LogP) is 1.99. The molecule has 5 aromatic heterocycles. The van der Waals surface area contributed by atoms with Crippen molar-refractivity contribution in [1.29, 1.82) is 0 Å². The lowest BCUT2D eigenvalue weighted by Crippen LogP contribution is -2.28. The Morgan fingerprint density at radius 1 is 1.05 bits per heavy atom. The first-order valence-corrected chi connectivity index (χ1v) is 12.2. The van der Waals surface area contributed by atoms with E-state index in [0.29, 0.717) is 33.9 Å². The fourth-order valence-corrected chi connectivity index (χ4v) is 4.59. The van der Waals surface area contributed by atoms with Crippen molar-refractivity contribution in [3.05, 3.63) is 83.1 Å². The molecule has 0 aliphatic heterocycles. The number of para-hydroxylation sites is 1. The van der Waals surface area contributed by atoms with E-state index in [-0.39, 0.29) is 12.1 Å². The minimum absolute atomic E-state index is 0.156. The zero-order valence-corrected chi connectivity index (χ0v) is 21.4. The van der Waals surface area contributed by atoms with Gasteiger partial charge in [-0.05, 0) is 44.8 Å². The molecular weight excluding hydrogens is 482 g/mol. The second-order valence-corrected chi connectivity index (χ2v) is 9.44. The van der Waals surface area contributed by atoms with Gasteiger partial charge in [0, 0.05) is 24.5 Å². The Labute approximate surface area is 217 Å². The summed E-state index contributed by atoms with van der Waals surface area (Å²) in [6, 6.07) is 11.3. The van der Waals surface area contributed by atoms with Crippen LogP contribution in [0.3, 0.4) is 0 Å². The van der Waals surface area contributed by atoms with Crippen molar-refractivity contribution in [3.8, 4) is 16.9 Å². The molecule has 0 radical (unpaired) electrons. The number of rotatable bonds is 7. The molecule has 0 bridgehead atoms. The first kappa shape index (κ1) is 23.6. The third kappa shape index (κ3) is 4.00. The van der Waals surface area contributed by atoms with E-state index < -0.39 is 0 Å². The Balaban J connectivity index is 1.50. The monoisotopic (exact) mass is 509 g/mol. The fraction of sp³-hybridized carbons (Fsp3) is 0.231. The highest BCUT2D eigenvalue weighted by Crippen LogP contribution is 2.30. The van der Waals surface area contributed by atoms with Crippen molar-refractivity contribution in [2.75, 3.05) is 26.4 Å². The molecule has 0 saturated heterocycles. The van der Waals surface area contributed by atoms with Crippen LogP contribution < -0.4 is 11.3 Å². The molecular formula is C26H27N11O. The summed E-state index contributed by atoms with van der Waals surface area (Å²) in [6.45, 7) is 3.67. The summed E-state index contributed by atoms with van der Waals surface area (Å²) in [5.74, 6) is 0.821. The third-order valence-corrected chi connectivity index (χ3v) is 6.50. The molecule has 2 N–H and O–H groups in total. The summed E-state index contributed by atoms with van der Waals surface area (Å²) in [6.07, 6.45) is 6.91. The summed E-state index contributed by atoms with van der Waals surface area (Å²) < 4.78 is 6.83. The fourth-order valence-electron chi connectivity index (χ4n) is 4.59. The Hall–Kier alpha value is -4.84. The van der Waals surface area contributed by atoms with E-state index in [0.717, 1.165) is 29.9 Å². The molecule has 6 rings (SSSR count). The van der Waals surface area contributed by atoms with Crippen LogP contribution >= 0.6 is 0 Å². The van der Waals surface area contributed by atoms with Gasteiger partial charge in [0.25, 0.3) is 5.56 Å². The Kier molecular flexibility index (Phi) is 5.72. The second kappa shape index (κ2) is 9.23. The van der Waals surface area contributed by atoms with Crippen molar-refractivity contribution in [3.63, 3.8) is 0 Å². The molecule has 0 aliphatic carbocycles. The van der Waals surface area contributed by atoms with Crippen molar-refractivity contribution in [2.45, 2.75) is 20.0 Å². The highest BCUT2D eigenvalue weighted by atomic mass is 16.1. The van der Waals surface area contributed by atoms with E-state index in [1.807, 2.05) is 68.3 Å². The molecule has 0 amide bonds. The van der Waals surface area contributed by atoms with Crippen LogP contribution in [0, 0.1) is 6.92 Å². The van der Waals surface area contributed by atoms with E-state index in [2.05, 4.69) is 20.0 Å². The van der Waals surface area contributed by atoms with Crippen LogP contribution in [0.2, 0.25) is 0 Å². The topological polar surface area (TPSA) is 130 Å². The number of benzene rings is 1. The van der Waals surface area contributed by atoms with Crippen molar-refractivity contribution in [2.24, 2.45) is 0 Å². The Morgan fingerprint density at radius 2 is 1.87 bits per heavy atom. The largest absolute Gasteiger partial charge is 0.383 e. The van der Waals surface area contributed by atoms with Crippen molar-refractivity contribution >= 4 is 22.4 Å². The van der Waals surface area contributed by atoms with Gasteiger partial charge in [-0.1, -0.05) is 18.2 Å². The quantitative estimate of drug-likeness (QED) is 0.346. The molecule has 0 fully saturated rings. The lowest BCUT2D eigenvalue weighted by molar-refractivity contribution is 0.373. The number of aromatic nitrogens is 9. The summed E-state index contributed by atoms with van der Waals surface area (Å²) in [5.41, 5.74) is 10.2. The van der Waals surface area contributed by atoms with Crippen LogP contribution in [0.4, 0.5) is 5.82 Å². The van der Waals surface area contributed by atoms with Gasteiger partial charge in [0.1, 0.15) is 29.9 Å². The molecule has 0 saturated carbocycles. The van der Waals surface area contributed by atoms with Crippen molar-refractivity contribution < 1.29 is 0 Å². The molecule has 1 aromatic carbocycles. The Bertz CT molecular complexity index is 1830. The minimum Gasteiger partial charge on any atom is -0.383 e. The number of hydrogen-bond acceptors (Lipinski definition) is 8. The van der Waals surface area contributed by atoms with Gasteiger partial charge < -0.3 is 10.6 Å². The smallest absolute Gasteiger partial charge is 0.282 e. The van der Waals surface area contributed by atoms with E-state index in [9.17, 15) is 4.79 Å². The molecule has 0 spiro atoms. The lowest BCUT2D eigenvalue weighted by atomic mass is 10.2. The van der Waals surface area contributed by atoms with Gasteiger partial charge >= 0.3 is 0 Å². The summed E-state index contributed by atoms with van der Waals surface area (Å²) >= 11 is 0. The van der Waals surface area contributed by atoms with Gasteiger partial charge in [-0.25, -0.2) is 19.2 Å². The van der Waals surface area contributed by atoms with Gasteiger partial charge in [-0.2, -0.15) is 15.3 Å². The molecule has 38 heavy (non-hydrogen) atoms. The van der Waals surface area contributed by atoms with E-state index >= 15 is 0 Å². The van der Waals surface area contributed by atoms with E-state index in [4.69, 9.17) is 15.9 Å². The summed E-state index contributed by atoms with van der Waals surface area (Å²) in [4.78, 5) is 24.5. The maximum absolute atomic E-state index is 13.7. The van der Waals surface area contributed by atoms with E-state index in [1.54, 1.807) is 26.2 Å². The highest BCUT2D eigenvalue weighted by Gasteiger charge is 2.21. The standard InChI is InChI=1S/C26H27N11O/c1-17-9-10-35-23(17)26(38)37(19-7-5-4-6-8-19)20(31-35)15-36-25-21(24(27)28-16-29-25)22(32-36)18-13-30-34(14-18)12-11-33(2)3/h4-10,13-14,16H,11-12,15H2,1-3H3,(H2,27,28,29). The average molecular weight is 510 g/mol. The van der Waals surface area contributed by atoms with Gasteiger partial charge in [-0.15, -0.1) is 0 Å². The summed E-state index contributed by atoms with van der Waals surface area (Å²) in [5, 5.41) is 14.8. The first-order chi connectivity index (χ1) is 18.4. The number of aryl methyl sites for hydroxylation is 1. The van der Waals surface area contributed by atoms with Crippen LogP contribution in [0.15, 0.2) is 66.1 Å². The maximum Gasteiger partial charge on any atom is 0.282 e. The third-order valence-electron chi connectivity index (χ3n) is 6.50. The van der Waals surface area contributed by atoms with Crippen molar-refractivity contribution in [1.82, 2.24) is 48.6 Å². The lowest BCUT2D eigenvalue weighted by Gasteiger charge is -2.13. The molecule has 192 valence electrons.